The predicted octanol–water partition coefficient (Wildman–Crippen LogP) is 6.19. The maximum atomic E-state index is 9.23. The molecule has 0 unspecified atom stereocenters. The van der Waals surface area contributed by atoms with E-state index in [0.717, 1.165) is 12.3 Å². The van der Waals surface area contributed by atoms with Crippen molar-refractivity contribution in [3.63, 3.8) is 0 Å². The second-order valence-corrected chi connectivity index (χ2v) is 30.8. The van der Waals surface area contributed by atoms with Crippen LogP contribution in [0.15, 0.2) is 0 Å². The Balaban J connectivity index is 6.21. The summed E-state index contributed by atoms with van der Waals surface area (Å²) in [5, 5.41) is 49.9. The van der Waals surface area contributed by atoms with Crippen LogP contribution in [0.5, 0.6) is 0 Å². The van der Waals surface area contributed by atoms with E-state index in [9.17, 15) is 31.6 Å². The summed E-state index contributed by atoms with van der Waals surface area (Å²) in [7, 11) is 0. The van der Waals surface area contributed by atoms with E-state index >= 15 is 0 Å². The molecule has 0 rings (SSSR count). The molecule has 0 saturated heterocycles. The van der Waals surface area contributed by atoms with Crippen molar-refractivity contribution in [2.75, 3.05) is 49.3 Å². The first-order chi connectivity index (χ1) is 14.2. The van der Waals surface area contributed by atoms with Gasteiger partial charge in [-0.2, -0.15) is 0 Å². The Morgan fingerprint density at radius 3 is 0.667 bits per heavy atom. The molecule has 0 bridgehead atoms. The zero-order valence-electron chi connectivity index (χ0n) is 17.2. The molecule has 0 aromatic carbocycles. The minimum atomic E-state index is -2.73. The molecule has 30 heavy (non-hydrogen) atoms. The molecule has 0 radical (unpaired) electrons. The molecule has 0 atom stereocenters. The summed E-state index contributed by atoms with van der Waals surface area (Å²) < 4.78 is 0. The monoisotopic (exact) mass is 572 g/mol. The first-order valence-corrected chi connectivity index (χ1v) is 19.8. The standard InChI is InChI=1S/C20H28Br2N6P2/c21-29(13-1-7-23,14-2-8-24,15-3-9-25)19-20-30(22,16-4-10-26,17-5-11-27)18-6-12-28/h1-6,13-20H2. The van der Waals surface area contributed by atoms with Gasteiger partial charge < -0.3 is 0 Å². The third-order valence-corrected chi connectivity index (χ3v) is 25.5. The van der Waals surface area contributed by atoms with E-state index in [4.69, 9.17) is 0 Å². The van der Waals surface area contributed by atoms with Gasteiger partial charge in [-0.1, -0.05) is 0 Å². The fraction of sp³-hybridized carbons (Fsp3) is 0.700. The molecular weight excluding hydrogens is 546 g/mol. The molecule has 0 aromatic heterocycles. The van der Waals surface area contributed by atoms with E-state index in [1.54, 1.807) is 0 Å². The van der Waals surface area contributed by atoms with Gasteiger partial charge in [-0.3, -0.25) is 0 Å². The predicted molar refractivity (Wildman–Crippen MR) is 132 cm³/mol. The van der Waals surface area contributed by atoms with Crippen LogP contribution >= 0.6 is 41.6 Å². The van der Waals surface area contributed by atoms with E-state index in [1.807, 2.05) is 0 Å². The zero-order chi connectivity index (χ0) is 23.0. The molecule has 0 aromatic rings. The van der Waals surface area contributed by atoms with Gasteiger partial charge in [0.25, 0.3) is 0 Å². The van der Waals surface area contributed by atoms with Crippen LogP contribution in [0.4, 0.5) is 0 Å². The Morgan fingerprint density at radius 2 is 0.533 bits per heavy atom. The zero-order valence-corrected chi connectivity index (χ0v) is 22.2. The summed E-state index contributed by atoms with van der Waals surface area (Å²) in [6.07, 6.45) is 7.43. The van der Waals surface area contributed by atoms with E-state index in [2.05, 4.69) is 67.4 Å². The van der Waals surface area contributed by atoms with Gasteiger partial charge in [0.2, 0.25) is 0 Å². The van der Waals surface area contributed by atoms with Crippen LogP contribution in [-0.4, -0.2) is 49.3 Å². The van der Waals surface area contributed by atoms with E-state index in [0.29, 0.717) is 75.5 Å². The van der Waals surface area contributed by atoms with Gasteiger partial charge in [0.1, 0.15) is 0 Å². The van der Waals surface area contributed by atoms with Gasteiger partial charge in [-0.05, 0) is 0 Å². The van der Waals surface area contributed by atoms with E-state index in [1.165, 1.54) is 0 Å². The van der Waals surface area contributed by atoms with Crippen LogP contribution < -0.4 is 0 Å². The molecule has 162 valence electrons. The minimum absolute atomic E-state index is 0.354. The summed E-state index contributed by atoms with van der Waals surface area (Å²) in [5.74, 6) is 0. The van der Waals surface area contributed by atoms with Crippen molar-refractivity contribution in [1.29, 1.82) is 31.6 Å². The maximum absolute atomic E-state index is 9.23. The Bertz CT molecular complexity index is 668. The quantitative estimate of drug-likeness (QED) is 0.213. The summed E-state index contributed by atoms with van der Waals surface area (Å²) in [4.78, 5) is 0. The average Bonchev–Trinajstić information content (AvgIpc) is 2.76. The summed E-state index contributed by atoms with van der Waals surface area (Å²) in [5.41, 5.74) is 0. The first kappa shape index (κ1) is 28.8. The fourth-order valence-corrected chi connectivity index (χ4v) is 20.5. The Kier molecular flexibility index (Phi) is 12.7. The van der Waals surface area contributed by atoms with Crippen molar-refractivity contribution in [1.82, 2.24) is 0 Å². The molecule has 10 heteroatoms. The number of halogens is 2. The van der Waals surface area contributed by atoms with Gasteiger partial charge in [0.05, 0.1) is 0 Å². The van der Waals surface area contributed by atoms with Crippen molar-refractivity contribution in [3.05, 3.63) is 0 Å². The Hall–Kier alpha value is -1.24. The van der Waals surface area contributed by atoms with Crippen LogP contribution in [0.3, 0.4) is 0 Å². The van der Waals surface area contributed by atoms with Crippen molar-refractivity contribution < 1.29 is 0 Å². The van der Waals surface area contributed by atoms with Crippen molar-refractivity contribution in [3.8, 4) is 36.4 Å². The molecule has 0 aliphatic rings. The van der Waals surface area contributed by atoms with Crippen molar-refractivity contribution >= 4 is 41.6 Å². The molecule has 0 aliphatic heterocycles. The molecule has 0 aliphatic carbocycles. The SMILES string of the molecule is N#CCCP(Br)(CCC#N)(CCC#N)CCP(Br)(CCC#N)(CCC#N)CCC#N. The van der Waals surface area contributed by atoms with E-state index in [-0.39, 0.29) is 0 Å². The van der Waals surface area contributed by atoms with Crippen LogP contribution in [0, 0.1) is 68.0 Å². The summed E-state index contributed by atoms with van der Waals surface area (Å²) in [6.45, 7) is 0. The average molecular weight is 574 g/mol. The number of nitrogens with zero attached hydrogens (tertiary/aromatic N) is 6. The molecule has 6 nitrogen and oxygen atoms in total. The summed E-state index contributed by atoms with van der Waals surface area (Å²) >= 11 is 8.12. The number of nitriles is 6. The molecule has 0 N–H and O–H groups in total. The van der Waals surface area contributed by atoms with Gasteiger partial charge in [-0.25, -0.2) is 0 Å². The van der Waals surface area contributed by atoms with Crippen molar-refractivity contribution in [2.24, 2.45) is 0 Å². The second kappa shape index (κ2) is 13.2. The third-order valence-electron chi connectivity index (χ3n) is 5.91. The molecule has 0 spiro atoms. The number of hydrogen-bond donors (Lipinski definition) is 0. The third kappa shape index (κ3) is 9.27. The van der Waals surface area contributed by atoms with Crippen LogP contribution in [0.2, 0.25) is 0 Å². The van der Waals surface area contributed by atoms with Crippen LogP contribution in [0.1, 0.15) is 38.5 Å². The van der Waals surface area contributed by atoms with Crippen LogP contribution in [0.25, 0.3) is 0 Å². The molecule has 0 saturated carbocycles. The molecule has 0 fully saturated rings. The van der Waals surface area contributed by atoms with Crippen molar-refractivity contribution in [2.45, 2.75) is 38.5 Å². The number of hydrogen-bond acceptors (Lipinski definition) is 6. The van der Waals surface area contributed by atoms with Crippen LogP contribution in [-0.2, 0) is 0 Å². The topological polar surface area (TPSA) is 143 Å². The molecular formula is C20H28Br2N6P2. The fourth-order valence-electron chi connectivity index (χ4n) is 3.82. The van der Waals surface area contributed by atoms with E-state index < -0.39 is 10.6 Å². The molecule has 0 amide bonds. The first-order valence-electron chi connectivity index (χ1n) is 9.83. The second-order valence-electron chi connectivity index (χ2n) is 7.88. The van der Waals surface area contributed by atoms with Gasteiger partial charge in [0.15, 0.2) is 0 Å². The summed E-state index contributed by atoms with van der Waals surface area (Å²) in [6, 6.07) is 13.3. The van der Waals surface area contributed by atoms with Gasteiger partial charge in [-0.15, -0.1) is 0 Å². The Labute approximate surface area is 196 Å². The van der Waals surface area contributed by atoms with Gasteiger partial charge in [0, 0.05) is 0 Å². The molecule has 0 heterocycles. The Morgan fingerprint density at radius 1 is 0.367 bits per heavy atom. The number of rotatable bonds is 15. The normalized spacial score (nSPS) is 13.5. The van der Waals surface area contributed by atoms with Gasteiger partial charge >= 0.3 is 197 Å².